The summed E-state index contributed by atoms with van der Waals surface area (Å²) in [5, 5.41) is 6.58. The maximum absolute atomic E-state index is 2.82. The summed E-state index contributed by atoms with van der Waals surface area (Å²) in [4.78, 5) is 0. The quantitative estimate of drug-likeness (QED) is 0.110. The minimum atomic E-state index is -0.618. The lowest BCUT2D eigenvalue weighted by atomic mass is 9.63. The van der Waals surface area contributed by atoms with E-state index in [0.29, 0.717) is 0 Å². The van der Waals surface area contributed by atoms with Gasteiger partial charge in [0.25, 0.3) is 0 Å². The van der Waals surface area contributed by atoms with E-state index in [4.69, 9.17) is 0 Å². The summed E-state index contributed by atoms with van der Waals surface area (Å²) in [6.07, 6.45) is 2.34. The van der Waals surface area contributed by atoms with E-state index < -0.39 is 11.1 Å². The van der Waals surface area contributed by atoms with Crippen LogP contribution < -0.4 is 8.97 Å². The van der Waals surface area contributed by atoms with Gasteiger partial charge in [-0.2, -0.15) is 8.97 Å². The molecule has 0 N–H and O–H groups in total. The van der Waals surface area contributed by atoms with E-state index in [9.17, 15) is 0 Å². The predicted octanol–water partition coefficient (Wildman–Crippen LogP) is 10.6. The van der Waals surface area contributed by atoms with Gasteiger partial charge in [0.2, 0.25) is 22.2 Å². The Kier molecular flexibility index (Phi) is 4.31. The smallest absolute Gasteiger partial charge is 0.268 e. The van der Waals surface area contributed by atoms with Crippen LogP contribution in [0.2, 0.25) is 0 Å². The third-order valence-corrected chi connectivity index (χ3v) is 14.7. The lowest BCUT2D eigenvalue weighted by Gasteiger charge is -2.44. The second-order valence-electron chi connectivity index (χ2n) is 15.6. The van der Waals surface area contributed by atoms with Crippen molar-refractivity contribution in [2.24, 2.45) is 0 Å². The van der Waals surface area contributed by atoms with E-state index in [1.807, 2.05) is 11.3 Å². The number of nitrogens with zero attached hydrogens (tertiary/aromatic N) is 3. The van der Waals surface area contributed by atoms with Crippen molar-refractivity contribution in [1.29, 1.82) is 0 Å². The topological polar surface area (TPSA) is 12.9 Å². The zero-order chi connectivity index (χ0) is 34.7. The van der Waals surface area contributed by atoms with Crippen molar-refractivity contribution in [3.8, 4) is 22.4 Å². The molecule has 1 aliphatic carbocycles. The Bertz CT molecular complexity index is 3600. The van der Waals surface area contributed by atoms with Crippen LogP contribution >= 0.6 is 11.3 Å². The number of hydrogen-bond acceptors (Lipinski definition) is 1. The molecule has 0 fully saturated rings. The van der Waals surface area contributed by atoms with Gasteiger partial charge in [0, 0.05) is 55.5 Å². The Morgan fingerprint density at radius 1 is 0.481 bits per heavy atom. The van der Waals surface area contributed by atoms with E-state index in [-0.39, 0.29) is 0 Å². The molecule has 3 aliphatic heterocycles. The molecule has 15 rings (SSSR count). The number of fused-ring (bicyclic) bond motifs is 18. The van der Waals surface area contributed by atoms with Crippen molar-refractivity contribution in [3.05, 3.63) is 197 Å². The Hall–Kier alpha value is -6.62. The molecule has 0 saturated heterocycles. The van der Waals surface area contributed by atoms with Crippen LogP contribution in [0, 0.1) is 0 Å². The van der Waals surface area contributed by atoms with Gasteiger partial charge in [-0.1, -0.05) is 91.0 Å². The van der Waals surface area contributed by atoms with Crippen LogP contribution in [0.1, 0.15) is 33.5 Å². The van der Waals surface area contributed by atoms with Crippen molar-refractivity contribution in [1.82, 2.24) is 4.57 Å². The number of pyridine rings is 3. The second-order valence-corrected chi connectivity index (χ2v) is 16.6. The standard InChI is InChI=1S/C50H27N3S/c1-5-17-36-28(12-1)29-13-2-6-18-37(29)49(36)38-19-11-16-32-39-20-9-10-25-51(39)50(45(32)38)46-33-15-3-7-21-40(33)52-41-27-43-35(30-14-4-8-22-42(30)54-43)26-34(41)31-23-24-44(49)53(50)47(31)48(46)52/h1-27H/q+2. The van der Waals surface area contributed by atoms with E-state index in [1.165, 1.54) is 114 Å². The fraction of sp³-hybridized carbons (Fsp3) is 0.0400. The average molecular weight is 702 g/mol. The van der Waals surface area contributed by atoms with Gasteiger partial charge in [-0.05, 0) is 70.3 Å². The van der Waals surface area contributed by atoms with Crippen molar-refractivity contribution in [2.45, 2.75) is 11.1 Å². The molecule has 1 unspecified atom stereocenters. The monoisotopic (exact) mass is 701 g/mol. The van der Waals surface area contributed by atoms with Gasteiger partial charge >= 0.3 is 5.66 Å². The zero-order valence-electron chi connectivity index (χ0n) is 28.8. The van der Waals surface area contributed by atoms with Crippen molar-refractivity contribution in [2.75, 3.05) is 0 Å². The minimum Gasteiger partial charge on any atom is -0.268 e. The highest BCUT2D eigenvalue weighted by Gasteiger charge is 2.69. The minimum absolute atomic E-state index is 0.502. The molecule has 5 aromatic heterocycles. The van der Waals surface area contributed by atoms with Crippen LogP contribution in [0.3, 0.4) is 0 Å². The first-order valence-corrected chi connectivity index (χ1v) is 19.7. The SMILES string of the molecule is c1ccc2c(c1)-c1ccccc1C21c2cccc3c2C2(c4c5ccccc5[n+]5c6cc7sc8ccccc8c7cc6c6ccc1n2c6c45)[n+]1ccccc1-3. The average Bonchev–Trinajstić information content (AvgIpc) is 4.00. The van der Waals surface area contributed by atoms with Crippen molar-refractivity contribution >= 4 is 69.7 Å². The Balaban J connectivity index is 1.27. The first-order valence-electron chi connectivity index (χ1n) is 18.9. The summed E-state index contributed by atoms with van der Waals surface area (Å²) >= 11 is 1.90. The van der Waals surface area contributed by atoms with E-state index in [2.05, 4.69) is 177 Å². The molecule has 2 spiro atoms. The zero-order valence-corrected chi connectivity index (χ0v) is 29.7. The number of benzene rings is 6. The molecular formula is C50H27N3S+2. The molecule has 11 aromatic rings. The summed E-state index contributed by atoms with van der Waals surface area (Å²) in [6, 6.07) is 60.3. The molecule has 0 saturated carbocycles. The fourth-order valence-electron chi connectivity index (χ4n) is 11.9. The summed E-state index contributed by atoms with van der Waals surface area (Å²) < 4.78 is 10.7. The van der Waals surface area contributed by atoms with Crippen LogP contribution in [0.15, 0.2) is 164 Å². The normalized spacial score (nSPS) is 17.5. The largest absolute Gasteiger partial charge is 0.309 e. The third-order valence-electron chi connectivity index (χ3n) is 13.6. The highest BCUT2D eigenvalue weighted by Crippen LogP contribution is 2.66. The van der Waals surface area contributed by atoms with Crippen LogP contribution in [-0.4, -0.2) is 4.57 Å². The van der Waals surface area contributed by atoms with Gasteiger partial charge in [0.05, 0.1) is 27.3 Å². The van der Waals surface area contributed by atoms with Gasteiger partial charge in [-0.3, -0.25) is 4.57 Å². The van der Waals surface area contributed by atoms with Crippen LogP contribution in [0.25, 0.3) is 80.8 Å². The molecular weight excluding hydrogens is 675 g/mol. The van der Waals surface area contributed by atoms with Gasteiger partial charge in [-0.15, -0.1) is 11.3 Å². The van der Waals surface area contributed by atoms with E-state index >= 15 is 0 Å². The van der Waals surface area contributed by atoms with E-state index in [0.717, 1.165) is 0 Å². The summed E-state index contributed by atoms with van der Waals surface area (Å²) in [6.45, 7) is 0. The molecule has 4 heteroatoms. The van der Waals surface area contributed by atoms with Gasteiger partial charge in [0.1, 0.15) is 11.1 Å². The number of hydrogen-bond donors (Lipinski definition) is 0. The second kappa shape index (κ2) is 8.60. The first-order chi connectivity index (χ1) is 26.8. The molecule has 0 bridgehead atoms. The van der Waals surface area contributed by atoms with Crippen LogP contribution in [0.4, 0.5) is 0 Å². The van der Waals surface area contributed by atoms with Gasteiger partial charge in [-0.25, -0.2) is 0 Å². The lowest BCUT2D eigenvalue weighted by Crippen LogP contribution is -2.62. The molecule has 6 aromatic carbocycles. The van der Waals surface area contributed by atoms with E-state index in [1.54, 1.807) is 0 Å². The number of para-hydroxylation sites is 1. The van der Waals surface area contributed by atoms with Crippen LogP contribution in [0.5, 0.6) is 0 Å². The summed E-state index contributed by atoms with van der Waals surface area (Å²) in [5.41, 5.74) is 17.5. The summed E-state index contributed by atoms with van der Waals surface area (Å²) in [7, 11) is 0. The molecule has 3 nitrogen and oxygen atoms in total. The number of thiophene rings is 1. The lowest BCUT2D eigenvalue weighted by molar-refractivity contribution is -0.733. The van der Waals surface area contributed by atoms with Crippen molar-refractivity contribution < 1.29 is 8.97 Å². The molecule has 4 aliphatic rings. The summed E-state index contributed by atoms with van der Waals surface area (Å²) in [5.74, 6) is 0. The van der Waals surface area contributed by atoms with Gasteiger partial charge in [0.15, 0.2) is 6.20 Å². The van der Waals surface area contributed by atoms with Crippen molar-refractivity contribution in [3.63, 3.8) is 0 Å². The molecule has 0 radical (unpaired) electrons. The Labute approximate surface area is 312 Å². The fourth-order valence-corrected chi connectivity index (χ4v) is 13.0. The third kappa shape index (κ3) is 2.55. The van der Waals surface area contributed by atoms with Crippen LogP contribution in [-0.2, 0) is 11.1 Å². The molecule has 1 atom stereocenters. The maximum Gasteiger partial charge on any atom is 0.309 e. The number of aromatic nitrogens is 3. The molecule has 54 heavy (non-hydrogen) atoms. The maximum atomic E-state index is 2.82. The van der Waals surface area contributed by atoms with Gasteiger partial charge < -0.3 is 0 Å². The number of rotatable bonds is 0. The Morgan fingerprint density at radius 2 is 1.20 bits per heavy atom. The molecule has 0 amide bonds. The molecule has 246 valence electrons. The predicted molar refractivity (Wildman–Crippen MR) is 218 cm³/mol. The molecule has 8 heterocycles. The Morgan fingerprint density at radius 3 is 2.07 bits per heavy atom. The highest BCUT2D eigenvalue weighted by atomic mass is 32.1. The highest BCUT2D eigenvalue weighted by molar-refractivity contribution is 7.25. The first kappa shape index (κ1) is 27.1.